The van der Waals surface area contributed by atoms with Crippen LogP contribution in [0.5, 0.6) is 0 Å². The second-order valence-electron chi connectivity index (χ2n) is 10.6. The molecule has 0 saturated carbocycles. The molecule has 6 rings (SSSR count). The lowest BCUT2D eigenvalue weighted by atomic mass is 9.90. The lowest BCUT2D eigenvalue weighted by Gasteiger charge is -2.16. The molecule has 0 amide bonds. The predicted molar refractivity (Wildman–Crippen MR) is 173 cm³/mol. The van der Waals surface area contributed by atoms with Crippen molar-refractivity contribution in [2.45, 2.75) is 11.3 Å². The predicted octanol–water partition coefficient (Wildman–Crippen LogP) is 8.49. The molecular formula is C37H22F3N3O4S. The van der Waals surface area contributed by atoms with Crippen LogP contribution in [0, 0.1) is 28.5 Å². The number of aromatic nitrogens is 1. The summed E-state index contributed by atoms with van der Waals surface area (Å²) in [6.07, 6.45) is -2.82. The van der Waals surface area contributed by atoms with Crippen LogP contribution in [0.15, 0.2) is 114 Å². The molecule has 5 aromatic carbocycles. The molecule has 0 saturated heterocycles. The van der Waals surface area contributed by atoms with Crippen LogP contribution in [0.3, 0.4) is 0 Å². The number of halogens is 3. The smallest absolute Gasteiger partial charge is 0.337 e. The van der Waals surface area contributed by atoms with Crippen LogP contribution in [-0.4, -0.2) is 25.5 Å². The Kier molecular flexibility index (Phi) is 8.32. The van der Waals surface area contributed by atoms with Crippen LogP contribution < -0.4 is 0 Å². The zero-order valence-corrected chi connectivity index (χ0v) is 25.8. The van der Waals surface area contributed by atoms with Crippen LogP contribution >= 0.6 is 0 Å². The van der Waals surface area contributed by atoms with Crippen molar-refractivity contribution in [2.24, 2.45) is 0 Å². The van der Waals surface area contributed by atoms with Crippen molar-refractivity contribution in [3.05, 3.63) is 137 Å². The summed E-state index contributed by atoms with van der Waals surface area (Å²) in [7, 11) is -3.32. The molecule has 0 spiro atoms. The van der Waals surface area contributed by atoms with Crippen molar-refractivity contribution in [3.8, 4) is 45.6 Å². The van der Waals surface area contributed by atoms with E-state index in [4.69, 9.17) is 4.74 Å². The van der Waals surface area contributed by atoms with E-state index in [2.05, 4.69) is 12.1 Å². The fourth-order valence-corrected chi connectivity index (χ4v) is 7.21. The number of alkyl halides is 2. The molecule has 1 aromatic heterocycles. The number of benzene rings is 5. The number of fused-ring (bicyclic) bond motifs is 1. The van der Waals surface area contributed by atoms with E-state index in [1.807, 2.05) is 0 Å². The molecule has 0 fully saturated rings. The number of hydrogen-bond acceptors (Lipinski definition) is 6. The first kappa shape index (κ1) is 31.8. The number of esters is 1. The summed E-state index contributed by atoms with van der Waals surface area (Å²) in [6, 6.07) is 29.6. The first-order valence-electron chi connectivity index (χ1n) is 14.3. The zero-order chi connectivity index (χ0) is 34.2. The van der Waals surface area contributed by atoms with Gasteiger partial charge in [-0.15, -0.1) is 0 Å². The maximum absolute atomic E-state index is 15.0. The normalized spacial score (nSPS) is 11.3. The average molecular weight is 662 g/mol. The summed E-state index contributed by atoms with van der Waals surface area (Å²) in [6.45, 7) is 0. The minimum atomic E-state index is -4.59. The van der Waals surface area contributed by atoms with Crippen molar-refractivity contribution in [3.63, 3.8) is 0 Å². The van der Waals surface area contributed by atoms with Crippen LogP contribution in [0.1, 0.15) is 33.5 Å². The number of nitriles is 2. The molecule has 0 aliphatic carbocycles. The fraction of sp³-hybridized carbons (Fsp3) is 0.0541. The Bertz CT molecular complexity index is 2390. The molecule has 0 atom stereocenters. The molecule has 0 unspecified atom stereocenters. The highest BCUT2D eigenvalue weighted by molar-refractivity contribution is 7.90. The van der Waals surface area contributed by atoms with Gasteiger partial charge in [-0.3, -0.25) is 0 Å². The summed E-state index contributed by atoms with van der Waals surface area (Å²) >= 11 is 0. The van der Waals surface area contributed by atoms with Crippen molar-refractivity contribution in [2.75, 3.05) is 7.11 Å². The first-order valence-corrected chi connectivity index (χ1v) is 15.7. The minimum Gasteiger partial charge on any atom is -0.465 e. The molecule has 1 heterocycles. The fourth-order valence-electron chi connectivity index (χ4n) is 5.66. The third-order valence-electron chi connectivity index (χ3n) is 7.89. The third-order valence-corrected chi connectivity index (χ3v) is 9.62. The third kappa shape index (κ3) is 5.46. The molecular weight excluding hydrogens is 639 g/mol. The maximum Gasteiger partial charge on any atom is 0.337 e. The van der Waals surface area contributed by atoms with E-state index in [1.54, 1.807) is 48.5 Å². The lowest BCUT2D eigenvalue weighted by molar-refractivity contribution is 0.0600. The van der Waals surface area contributed by atoms with Gasteiger partial charge in [0.1, 0.15) is 5.82 Å². The number of methoxy groups -OCH3 is 1. The van der Waals surface area contributed by atoms with Crippen LogP contribution in [0.25, 0.3) is 44.4 Å². The van der Waals surface area contributed by atoms with Gasteiger partial charge in [-0.1, -0.05) is 48.5 Å². The van der Waals surface area contributed by atoms with Gasteiger partial charge >= 0.3 is 5.97 Å². The minimum absolute atomic E-state index is 0.0146. The van der Waals surface area contributed by atoms with E-state index in [0.29, 0.717) is 22.3 Å². The summed E-state index contributed by atoms with van der Waals surface area (Å²) in [5.74, 6) is -1.22. The van der Waals surface area contributed by atoms with Gasteiger partial charge in [0.25, 0.3) is 16.4 Å². The highest BCUT2D eigenvalue weighted by Crippen LogP contribution is 2.46. The average Bonchev–Trinajstić information content (AvgIpc) is 3.45. The first-order chi connectivity index (χ1) is 23.1. The van der Waals surface area contributed by atoms with E-state index < -0.39 is 28.2 Å². The summed E-state index contributed by atoms with van der Waals surface area (Å²) < 4.78 is 76.6. The van der Waals surface area contributed by atoms with Crippen molar-refractivity contribution < 1.29 is 31.1 Å². The van der Waals surface area contributed by atoms with Crippen molar-refractivity contribution in [1.82, 2.24) is 3.97 Å². The molecule has 6 aromatic rings. The summed E-state index contributed by atoms with van der Waals surface area (Å²) in [5, 5.41) is 20.3. The molecule has 0 aliphatic heterocycles. The van der Waals surface area contributed by atoms with Gasteiger partial charge in [0.05, 0.1) is 52.0 Å². The van der Waals surface area contributed by atoms with E-state index >= 15 is 0 Å². The zero-order valence-electron chi connectivity index (χ0n) is 25.0. The Hall–Kier alpha value is -6.17. The number of nitrogens with zero attached hydrogens (tertiary/aromatic N) is 3. The summed E-state index contributed by atoms with van der Waals surface area (Å²) in [4.78, 5) is 11.7. The second-order valence-corrected chi connectivity index (χ2v) is 12.4. The topological polar surface area (TPSA) is 113 Å². The quantitative estimate of drug-likeness (QED) is 0.159. The van der Waals surface area contributed by atoms with E-state index in [-0.39, 0.29) is 49.3 Å². The number of ether oxygens (including phenoxy) is 1. The number of carbonyl (C=O) groups excluding carboxylic acids is 1. The molecule has 0 radical (unpaired) electrons. The standard InChI is InChI=1S/C37H22F3N3O4S/c1-47-37(44)24-10-8-22(9-11-24)25-4-2-5-26(18-25)35-34(33-27(20-41)6-3-7-28(33)21-42)31-19-29(38)14-17-32(31)43(35)48(45,46)30-15-12-23(13-16-30)36(39)40/h2-19,36H,1H3. The maximum atomic E-state index is 15.0. The van der Waals surface area contributed by atoms with Crippen molar-refractivity contribution in [1.29, 1.82) is 10.5 Å². The molecule has 0 bridgehead atoms. The largest absolute Gasteiger partial charge is 0.465 e. The van der Waals surface area contributed by atoms with Gasteiger partial charge in [0.2, 0.25) is 0 Å². The van der Waals surface area contributed by atoms with Gasteiger partial charge in [-0.05, 0) is 71.8 Å². The molecule has 236 valence electrons. The molecule has 48 heavy (non-hydrogen) atoms. The van der Waals surface area contributed by atoms with Crippen LogP contribution in [0.2, 0.25) is 0 Å². The van der Waals surface area contributed by atoms with Gasteiger partial charge in [0, 0.05) is 27.6 Å². The molecule has 11 heteroatoms. The highest BCUT2D eigenvalue weighted by Gasteiger charge is 2.31. The van der Waals surface area contributed by atoms with E-state index in [0.717, 1.165) is 40.4 Å². The monoisotopic (exact) mass is 661 g/mol. The number of hydrogen-bond donors (Lipinski definition) is 0. The number of rotatable bonds is 7. The lowest BCUT2D eigenvalue weighted by Crippen LogP contribution is -2.14. The van der Waals surface area contributed by atoms with E-state index in [9.17, 15) is 36.9 Å². The van der Waals surface area contributed by atoms with Gasteiger partial charge in [-0.2, -0.15) is 10.5 Å². The van der Waals surface area contributed by atoms with Crippen molar-refractivity contribution >= 4 is 26.9 Å². The van der Waals surface area contributed by atoms with E-state index in [1.165, 1.54) is 31.4 Å². The Labute approximate surface area is 273 Å². The molecule has 7 nitrogen and oxygen atoms in total. The number of carbonyl (C=O) groups is 1. The Morgan fingerprint density at radius 1 is 0.771 bits per heavy atom. The van der Waals surface area contributed by atoms with Gasteiger partial charge in [-0.25, -0.2) is 30.4 Å². The Morgan fingerprint density at radius 2 is 1.40 bits per heavy atom. The van der Waals surface area contributed by atoms with Gasteiger partial charge < -0.3 is 4.74 Å². The highest BCUT2D eigenvalue weighted by atomic mass is 32.2. The SMILES string of the molecule is COC(=O)c1ccc(-c2cccc(-c3c(-c4c(C#N)cccc4C#N)c4cc(F)ccc4n3S(=O)(=O)c3ccc(C(F)F)cc3)c2)cc1. The Morgan fingerprint density at radius 3 is 2.00 bits per heavy atom. The Balaban J connectivity index is 1.73. The van der Waals surface area contributed by atoms with Crippen LogP contribution in [-0.2, 0) is 14.8 Å². The summed E-state index contributed by atoms with van der Waals surface area (Å²) in [5.41, 5.74) is 1.91. The van der Waals surface area contributed by atoms with Crippen LogP contribution in [0.4, 0.5) is 13.2 Å². The second kappa shape index (κ2) is 12.6. The molecule has 0 aliphatic rings. The molecule has 0 N–H and O–H groups in total. The van der Waals surface area contributed by atoms with Gasteiger partial charge in [0.15, 0.2) is 0 Å².